The molecule has 4 nitrogen and oxygen atoms in total. The van der Waals surface area contributed by atoms with Crippen LogP contribution in [0.3, 0.4) is 0 Å². The average molecular weight is 339 g/mol. The van der Waals surface area contributed by atoms with Crippen LogP contribution in [0, 0.1) is 0 Å². The highest BCUT2D eigenvalue weighted by Crippen LogP contribution is 2.29. The fourth-order valence-corrected chi connectivity index (χ4v) is 3.53. The molecule has 0 bridgehead atoms. The summed E-state index contributed by atoms with van der Waals surface area (Å²) in [6.45, 7) is 2.62. The maximum atomic E-state index is 10.8. The fourth-order valence-electron chi connectivity index (χ4n) is 3.53. The Kier molecular flexibility index (Phi) is 6.07. The molecule has 1 aliphatic heterocycles. The molecule has 1 fully saturated rings. The van der Waals surface area contributed by atoms with E-state index in [1.54, 1.807) is 0 Å². The van der Waals surface area contributed by atoms with Gasteiger partial charge in [-0.25, -0.2) is 4.79 Å². The lowest BCUT2D eigenvalue weighted by molar-refractivity contribution is -0.139. The summed E-state index contributed by atoms with van der Waals surface area (Å²) >= 11 is 0. The number of nitrogens with zero attached hydrogens (tertiary/aromatic N) is 1. The third kappa shape index (κ3) is 5.07. The van der Waals surface area contributed by atoms with Crippen molar-refractivity contribution in [3.05, 3.63) is 65.7 Å². The normalized spacial score (nSPS) is 18.5. The largest absolute Gasteiger partial charge is 0.482 e. The van der Waals surface area contributed by atoms with Crippen molar-refractivity contribution in [3.8, 4) is 5.75 Å². The van der Waals surface area contributed by atoms with Gasteiger partial charge < -0.3 is 9.84 Å². The lowest BCUT2D eigenvalue weighted by Crippen LogP contribution is -2.24. The number of hydrogen-bond acceptors (Lipinski definition) is 3. The Morgan fingerprint density at radius 2 is 1.80 bits per heavy atom. The molecule has 1 aliphatic rings. The van der Waals surface area contributed by atoms with Crippen molar-refractivity contribution in [1.82, 2.24) is 4.90 Å². The Morgan fingerprint density at radius 1 is 1.04 bits per heavy atom. The van der Waals surface area contributed by atoms with E-state index in [1.165, 1.54) is 18.4 Å². The summed E-state index contributed by atoms with van der Waals surface area (Å²) in [6, 6.07) is 18.5. The molecule has 2 aromatic carbocycles. The van der Waals surface area contributed by atoms with E-state index in [1.807, 2.05) is 24.3 Å². The molecule has 0 aromatic heterocycles. The predicted molar refractivity (Wildman–Crippen MR) is 97.9 cm³/mol. The first kappa shape index (κ1) is 17.5. The van der Waals surface area contributed by atoms with Crippen molar-refractivity contribution in [3.63, 3.8) is 0 Å². The van der Waals surface area contributed by atoms with Crippen LogP contribution in [0.25, 0.3) is 0 Å². The zero-order valence-corrected chi connectivity index (χ0v) is 14.4. The summed E-state index contributed by atoms with van der Waals surface area (Å²) < 4.78 is 5.44. The minimum atomic E-state index is -0.949. The quantitative estimate of drug-likeness (QED) is 0.867. The van der Waals surface area contributed by atoms with Gasteiger partial charge in [-0.15, -0.1) is 0 Å². The van der Waals surface area contributed by atoms with Crippen LogP contribution in [-0.4, -0.2) is 35.7 Å². The van der Waals surface area contributed by atoms with Gasteiger partial charge >= 0.3 is 5.97 Å². The molecule has 1 heterocycles. The summed E-state index contributed by atoms with van der Waals surface area (Å²) in [5.41, 5.74) is 2.50. The monoisotopic (exact) mass is 339 g/mol. The SMILES string of the molecule is O=C(O)COc1ccccc1CN1CCC[C@H](c2ccccc2)CC1. The third-order valence-electron chi connectivity index (χ3n) is 4.81. The number of carboxylic acids is 1. The van der Waals surface area contributed by atoms with Gasteiger partial charge in [-0.1, -0.05) is 48.5 Å². The Bertz CT molecular complexity index is 687. The van der Waals surface area contributed by atoms with Gasteiger partial charge in [-0.05, 0) is 49.9 Å². The molecule has 4 heteroatoms. The van der Waals surface area contributed by atoms with Crippen LogP contribution in [0.15, 0.2) is 54.6 Å². The molecule has 3 rings (SSSR count). The Morgan fingerprint density at radius 3 is 2.60 bits per heavy atom. The maximum Gasteiger partial charge on any atom is 0.341 e. The van der Waals surface area contributed by atoms with Crippen LogP contribution in [0.2, 0.25) is 0 Å². The smallest absolute Gasteiger partial charge is 0.341 e. The van der Waals surface area contributed by atoms with E-state index < -0.39 is 5.97 Å². The number of ether oxygens (including phenoxy) is 1. The van der Waals surface area contributed by atoms with E-state index >= 15 is 0 Å². The second-order valence-corrected chi connectivity index (χ2v) is 6.60. The average Bonchev–Trinajstić information content (AvgIpc) is 2.87. The number of likely N-dealkylation sites (tertiary alicyclic amines) is 1. The molecule has 0 aliphatic carbocycles. The number of hydrogen-bond donors (Lipinski definition) is 1. The second-order valence-electron chi connectivity index (χ2n) is 6.60. The van der Waals surface area contributed by atoms with Gasteiger partial charge in [0.05, 0.1) is 0 Å². The van der Waals surface area contributed by atoms with Gasteiger partial charge in [0.25, 0.3) is 0 Å². The van der Waals surface area contributed by atoms with Gasteiger partial charge in [0.2, 0.25) is 0 Å². The van der Waals surface area contributed by atoms with Crippen molar-refractivity contribution in [2.75, 3.05) is 19.7 Å². The number of rotatable bonds is 6. The molecule has 0 radical (unpaired) electrons. The molecular formula is C21H25NO3. The molecule has 1 N–H and O–H groups in total. The highest BCUT2D eigenvalue weighted by atomic mass is 16.5. The molecule has 25 heavy (non-hydrogen) atoms. The van der Waals surface area contributed by atoms with E-state index in [2.05, 4.69) is 35.2 Å². The Hall–Kier alpha value is -2.33. The first-order chi connectivity index (χ1) is 12.2. The number of carbonyl (C=O) groups is 1. The number of aliphatic carboxylic acids is 1. The molecule has 2 aromatic rings. The lowest BCUT2D eigenvalue weighted by atomic mass is 9.92. The van der Waals surface area contributed by atoms with Crippen molar-refractivity contribution in [1.29, 1.82) is 0 Å². The first-order valence-corrected chi connectivity index (χ1v) is 8.92. The van der Waals surface area contributed by atoms with Gasteiger partial charge in [-0.3, -0.25) is 4.90 Å². The molecule has 0 unspecified atom stereocenters. The van der Waals surface area contributed by atoms with Gasteiger partial charge in [0.1, 0.15) is 5.75 Å². The van der Waals surface area contributed by atoms with Crippen LogP contribution >= 0.6 is 0 Å². The summed E-state index contributed by atoms with van der Waals surface area (Å²) in [6.07, 6.45) is 3.55. The number of para-hydroxylation sites is 1. The predicted octanol–water partition coefficient (Wildman–Crippen LogP) is 3.92. The molecule has 0 spiro atoms. The van der Waals surface area contributed by atoms with Crippen molar-refractivity contribution >= 4 is 5.97 Å². The standard InChI is InChI=1S/C21H25NO3/c23-21(24)16-25-20-11-5-4-9-19(20)15-22-13-6-10-18(12-14-22)17-7-2-1-3-8-17/h1-5,7-9,11,18H,6,10,12-16H2,(H,23,24)/t18-/m0/s1. The van der Waals surface area contributed by atoms with Crippen LogP contribution in [0.5, 0.6) is 5.75 Å². The van der Waals surface area contributed by atoms with Crippen molar-refractivity contribution < 1.29 is 14.6 Å². The molecule has 0 amide bonds. The lowest BCUT2D eigenvalue weighted by Gasteiger charge is -2.21. The van der Waals surface area contributed by atoms with E-state index in [9.17, 15) is 4.79 Å². The summed E-state index contributed by atoms with van der Waals surface area (Å²) in [4.78, 5) is 13.2. The summed E-state index contributed by atoms with van der Waals surface area (Å²) in [5, 5.41) is 8.83. The van der Waals surface area contributed by atoms with E-state index in [0.29, 0.717) is 11.7 Å². The zero-order valence-electron chi connectivity index (χ0n) is 14.4. The van der Waals surface area contributed by atoms with Gasteiger partial charge in [0.15, 0.2) is 6.61 Å². The number of benzene rings is 2. The van der Waals surface area contributed by atoms with Crippen molar-refractivity contribution in [2.45, 2.75) is 31.7 Å². The Labute approximate surface area is 149 Å². The highest BCUT2D eigenvalue weighted by Gasteiger charge is 2.19. The minimum Gasteiger partial charge on any atom is -0.482 e. The van der Waals surface area contributed by atoms with Crippen molar-refractivity contribution in [2.24, 2.45) is 0 Å². The molecule has 1 saturated heterocycles. The molecule has 0 saturated carbocycles. The summed E-state index contributed by atoms with van der Waals surface area (Å²) in [7, 11) is 0. The van der Waals surface area contributed by atoms with Gasteiger partial charge in [-0.2, -0.15) is 0 Å². The molecule has 1 atom stereocenters. The fraction of sp³-hybridized carbons (Fsp3) is 0.381. The minimum absolute atomic E-state index is 0.299. The van der Waals surface area contributed by atoms with Crippen LogP contribution < -0.4 is 4.74 Å². The zero-order chi connectivity index (χ0) is 17.5. The van der Waals surface area contributed by atoms with E-state index in [0.717, 1.165) is 31.6 Å². The molecule has 132 valence electrons. The van der Waals surface area contributed by atoms with Crippen LogP contribution in [-0.2, 0) is 11.3 Å². The summed E-state index contributed by atoms with van der Waals surface area (Å²) in [5.74, 6) is 0.355. The van der Waals surface area contributed by atoms with Gasteiger partial charge in [0, 0.05) is 12.1 Å². The third-order valence-corrected chi connectivity index (χ3v) is 4.81. The maximum absolute atomic E-state index is 10.8. The second kappa shape index (κ2) is 8.67. The Balaban J connectivity index is 1.61. The highest BCUT2D eigenvalue weighted by molar-refractivity contribution is 5.68. The number of carboxylic acid groups (broad SMARTS) is 1. The van der Waals surface area contributed by atoms with Crippen LogP contribution in [0.4, 0.5) is 0 Å². The van der Waals surface area contributed by atoms with E-state index in [4.69, 9.17) is 9.84 Å². The molecular weight excluding hydrogens is 314 g/mol. The van der Waals surface area contributed by atoms with Crippen LogP contribution in [0.1, 0.15) is 36.3 Å². The van der Waals surface area contributed by atoms with E-state index in [-0.39, 0.29) is 6.61 Å². The first-order valence-electron chi connectivity index (χ1n) is 8.92. The topological polar surface area (TPSA) is 49.8 Å².